The Hall–Kier alpha value is -1.68. The number of halogens is 2. The third-order valence-electron chi connectivity index (χ3n) is 3.40. The molecule has 1 atom stereocenters. The zero-order valence-electron chi connectivity index (χ0n) is 10.1. The van der Waals surface area contributed by atoms with Gasteiger partial charge < -0.3 is 10.3 Å². The van der Waals surface area contributed by atoms with E-state index in [-0.39, 0.29) is 5.52 Å². The molecule has 1 aliphatic rings. The smallest absolute Gasteiger partial charge is 0.182 e. The van der Waals surface area contributed by atoms with Crippen LogP contribution in [0.3, 0.4) is 0 Å². The molecule has 2 nitrogen and oxygen atoms in total. The Balaban J connectivity index is 2.16. The summed E-state index contributed by atoms with van der Waals surface area (Å²) in [6, 6.07) is 3.12. The van der Waals surface area contributed by atoms with E-state index in [2.05, 4.69) is 23.3 Å². The van der Waals surface area contributed by atoms with Gasteiger partial charge in [0.05, 0.1) is 5.52 Å². The number of hydrogen-bond donors (Lipinski definition) is 2. The van der Waals surface area contributed by atoms with Crippen LogP contribution in [0, 0.1) is 11.6 Å². The predicted octanol–water partition coefficient (Wildman–Crippen LogP) is 3.21. The molecule has 0 radical (unpaired) electrons. The number of nitrogens with one attached hydrogen (secondary N) is 2. The highest BCUT2D eigenvalue weighted by Gasteiger charge is 2.16. The fourth-order valence-corrected chi connectivity index (χ4v) is 2.51. The number of hydrogen-bond acceptors (Lipinski definition) is 1. The lowest BCUT2D eigenvalue weighted by Gasteiger charge is -2.19. The molecule has 4 heteroatoms. The zero-order chi connectivity index (χ0) is 12.7. The van der Waals surface area contributed by atoms with E-state index in [0.29, 0.717) is 6.04 Å². The number of benzene rings is 1. The van der Waals surface area contributed by atoms with Crippen molar-refractivity contribution in [2.24, 2.45) is 0 Å². The molecule has 0 amide bonds. The van der Waals surface area contributed by atoms with Crippen LogP contribution in [-0.2, 0) is 0 Å². The summed E-state index contributed by atoms with van der Waals surface area (Å²) in [6.07, 6.45) is 4.79. The summed E-state index contributed by atoms with van der Waals surface area (Å²) >= 11 is 0. The van der Waals surface area contributed by atoms with E-state index < -0.39 is 11.6 Å². The van der Waals surface area contributed by atoms with E-state index in [1.807, 2.05) is 0 Å². The van der Waals surface area contributed by atoms with E-state index in [1.54, 1.807) is 12.3 Å². The lowest BCUT2D eigenvalue weighted by molar-refractivity contribution is 0.515. The van der Waals surface area contributed by atoms with Gasteiger partial charge in [0.1, 0.15) is 0 Å². The molecular formula is C14H14F2N2. The summed E-state index contributed by atoms with van der Waals surface area (Å²) in [7, 11) is 0. The molecule has 0 bridgehead atoms. The van der Waals surface area contributed by atoms with Crippen molar-refractivity contribution >= 4 is 16.5 Å². The van der Waals surface area contributed by atoms with Gasteiger partial charge in [-0.15, -0.1) is 0 Å². The van der Waals surface area contributed by atoms with Gasteiger partial charge in [-0.1, -0.05) is 6.08 Å². The molecule has 1 aliphatic heterocycles. The molecule has 0 aliphatic carbocycles. The Morgan fingerprint density at radius 1 is 1.28 bits per heavy atom. The van der Waals surface area contributed by atoms with E-state index in [9.17, 15) is 8.78 Å². The van der Waals surface area contributed by atoms with Gasteiger partial charge in [-0.25, -0.2) is 8.78 Å². The number of aromatic amines is 1. The quantitative estimate of drug-likeness (QED) is 0.796. The molecule has 18 heavy (non-hydrogen) atoms. The van der Waals surface area contributed by atoms with Gasteiger partial charge in [-0.2, -0.15) is 0 Å². The van der Waals surface area contributed by atoms with Gasteiger partial charge in [0, 0.05) is 23.2 Å². The number of H-pyrrole nitrogens is 1. The van der Waals surface area contributed by atoms with Crippen molar-refractivity contribution in [2.75, 3.05) is 6.54 Å². The molecule has 2 heterocycles. The molecule has 2 aromatic rings. The molecular weight excluding hydrogens is 234 g/mol. The molecule has 1 aromatic carbocycles. The van der Waals surface area contributed by atoms with Crippen LogP contribution in [0.15, 0.2) is 24.4 Å². The molecule has 2 N–H and O–H groups in total. The first-order valence-corrected chi connectivity index (χ1v) is 6.06. The molecule has 0 saturated heterocycles. The Kier molecular flexibility index (Phi) is 2.67. The Morgan fingerprint density at radius 3 is 2.89 bits per heavy atom. The van der Waals surface area contributed by atoms with E-state index in [1.165, 1.54) is 11.6 Å². The summed E-state index contributed by atoms with van der Waals surface area (Å²) in [5.41, 5.74) is 2.40. The first kappa shape index (κ1) is 11.4. The molecule has 1 aromatic heterocycles. The van der Waals surface area contributed by atoms with Crippen LogP contribution in [0.2, 0.25) is 0 Å². The minimum Gasteiger partial charge on any atom is -0.358 e. The van der Waals surface area contributed by atoms with Crippen LogP contribution in [0.25, 0.3) is 16.5 Å². The van der Waals surface area contributed by atoms with Gasteiger partial charge in [0.2, 0.25) is 0 Å². The second kappa shape index (κ2) is 4.21. The SMILES string of the molecule is CC1C=C(c2c[nH]c3c(F)c(F)ccc23)CCN1. The number of fused-ring (bicyclic) bond motifs is 1. The molecule has 3 rings (SSSR count). The fourth-order valence-electron chi connectivity index (χ4n) is 2.51. The molecule has 0 fully saturated rings. The highest BCUT2D eigenvalue weighted by molar-refractivity contribution is 5.93. The maximum absolute atomic E-state index is 13.6. The normalized spacial score (nSPS) is 20.2. The van der Waals surface area contributed by atoms with Crippen LogP contribution in [-0.4, -0.2) is 17.6 Å². The van der Waals surface area contributed by atoms with E-state index in [0.717, 1.165) is 23.9 Å². The van der Waals surface area contributed by atoms with Crippen molar-refractivity contribution in [1.29, 1.82) is 0 Å². The van der Waals surface area contributed by atoms with Crippen molar-refractivity contribution in [3.63, 3.8) is 0 Å². The molecule has 1 unspecified atom stereocenters. The van der Waals surface area contributed by atoms with Gasteiger partial charge in [-0.3, -0.25) is 0 Å². The lowest BCUT2D eigenvalue weighted by Crippen LogP contribution is -2.29. The minimum absolute atomic E-state index is 0.247. The fraction of sp³-hybridized carbons (Fsp3) is 0.286. The van der Waals surface area contributed by atoms with Crippen molar-refractivity contribution in [1.82, 2.24) is 10.3 Å². The van der Waals surface area contributed by atoms with Gasteiger partial charge >= 0.3 is 0 Å². The lowest BCUT2D eigenvalue weighted by atomic mass is 9.97. The van der Waals surface area contributed by atoms with Crippen LogP contribution in [0.5, 0.6) is 0 Å². The topological polar surface area (TPSA) is 27.8 Å². The molecule has 0 spiro atoms. The maximum atomic E-state index is 13.6. The van der Waals surface area contributed by atoms with Crippen molar-refractivity contribution < 1.29 is 8.78 Å². The Bertz CT molecular complexity index is 628. The maximum Gasteiger partial charge on any atom is 0.182 e. The average molecular weight is 248 g/mol. The van der Waals surface area contributed by atoms with Crippen molar-refractivity contribution in [3.8, 4) is 0 Å². The Morgan fingerprint density at radius 2 is 2.11 bits per heavy atom. The van der Waals surface area contributed by atoms with Crippen LogP contribution >= 0.6 is 0 Å². The van der Waals surface area contributed by atoms with Crippen LogP contribution < -0.4 is 5.32 Å². The highest BCUT2D eigenvalue weighted by atomic mass is 19.2. The third-order valence-corrected chi connectivity index (χ3v) is 3.40. The first-order chi connectivity index (χ1) is 8.66. The zero-order valence-corrected chi connectivity index (χ0v) is 10.1. The van der Waals surface area contributed by atoms with Crippen LogP contribution in [0.4, 0.5) is 8.78 Å². The monoisotopic (exact) mass is 248 g/mol. The average Bonchev–Trinajstić information content (AvgIpc) is 2.78. The predicted molar refractivity (Wildman–Crippen MR) is 68.3 cm³/mol. The minimum atomic E-state index is -0.816. The van der Waals surface area contributed by atoms with Gasteiger partial charge in [0.25, 0.3) is 0 Å². The summed E-state index contributed by atoms with van der Waals surface area (Å²) in [5.74, 6) is -1.62. The second-order valence-electron chi connectivity index (χ2n) is 4.67. The van der Waals surface area contributed by atoms with E-state index in [4.69, 9.17) is 0 Å². The standard InChI is InChI=1S/C14H14F2N2/c1-8-6-9(4-5-17-8)11-7-18-14-10(11)2-3-12(15)13(14)16/h2-3,6-8,17-18H,4-5H2,1H3. The summed E-state index contributed by atoms with van der Waals surface area (Å²) in [4.78, 5) is 2.83. The molecule has 0 saturated carbocycles. The van der Waals surface area contributed by atoms with Crippen LogP contribution in [0.1, 0.15) is 18.9 Å². The van der Waals surface area contributed by atoms with Gasteiger partial charge in [0.15, 0.2) is 11.6 Å². The van der Waals surface area contributed by atoms with Crippen molar-refractivity contribution in [2.45, 2.75) is 19.4 Å². The van der Waals surface area contributed by atoms with Crippen molar-refractivity contribution in [3.05, 3.63) is 41.6 Å². The largest absolute Gasteiger partial charge is 0.358 e. The number of rotatable bonds is 1. The first-order valence-electron chi connectivity index (χ1n) is 6.06. The number of aromatic nitrogens is 1. The van der Waals surface area contributed by atoms with E-state index >= 15 is 0 Å². The summed E-state index contributed by atoms with van der Waals surface area (Å²) < 4.78 is 26.8. The second-order valence-corrected chi connectivity index (χ2v) is 4.67. The summed E-state index contributed by atoms with van der Waals surface area (Å²) in [6.45, 7) is 2.98. The Labute approximate surface area is 104 Å². The molecule has 94 valence electrons. The summed E-state index contributed by atoms with van der Waals surface area (Å²) in [5, 5.41) is 4.07. The highest BCUT2D eigenvalue weighted by Crippen LogP contribution is 2.30. The van der Waals surface area contributed by atoms with Gasteiger partial charge in [-0.05, 0) is 37.6 Å². The third kappa shape index (κ3) is 1.73.